The molecule has 1 aromatic carbocycles. The van der Waals surface area contributed by atoms with E-state index >= 15 is 0 Å². The van der Waals surface area contributed by atoms with Crippen molar-refractivity contribution in [3.63, 3.8) is 0 Å². The average molecular weight is 290 g/mol. The van der Waals surface area contributed by atoms with Crippen LogP contribution in [0.5, 0.6) is 0 Å². The third-order valence-corrected chi connectivity index (χ3v) is 7.09. The summed E-state index contributed by atoms with van der Waals surface area (Å²) >= 11 is 0. The molecule has 0 aliphatic heterocycles. The first kappa shape index (κ1) is 15.7. The predicted octanol–water partition coefficient (Wildman–Crippen LogP) is 4.77. The number of carbonyl (C=O) groups excluding carboxylic acids is 1. The number of Topliss-reactive ketones (excluding diaryl/α,β-unsaturated/α-hetero) is 1. The Morgan fingerprint density at radius 3 is 2.40 bits per heavy atom. The molecule has 0 amide bonds. The second-order valence-corrected chi connectivity index (χ2v) is 8.42. The summed E-state index contributed by atoms with van der Waals surface area (Å²) < 4.78 is 0. The van der Waals surface area contributed by atoms with Crippen LogP contribution >= 0.6 is 7.92 Å². The minimum absolute atomic E-state index is 0.0607. The summed E-state index contributed by atoms with van der Waals surface area (Å²) in [5.41, 5.74) is 2.42. The minimum Gasteiger partial charge on any atom is -0.294 e. The van der Waals surface area contributed by atoms with Gasteiger partial charge in [-0.05, 0) is 42.5 Å². The Balaban J connectivity index is 2.27. The molecular formula is C18H27OP. The number of hydrogen-bond acceptors (Lipinski definition) is 1. The van der Waals surface area contributed by atoms with Gasteiger partial charge in [-0.2, -0.15) is 0 Å². The lowest BCUT2D eigenvalue weighted by Crippen LogP contribution is -2.13. The largest absolute Gasteiger partial charge is 0.294 e. The Hall–Kier alpha value is -0.680. The Kier molecular flexibility index (Phi) is 5.78. The van der Waals surface area contributed by atoms with Crippen LogP contribution in [0.1, 0.15) is 62.4 Å². The van der Waals surface area contributed by atoms with Crippen LogP contribution in [0.3, 0.4) is 0 Å². The molecule has 110 valence electrons. The molecule has 0 bridgehead atoms. The standard InChI is InChI=1S/C18H27OP/c1-4-6-11-20(12-7-5-2)17-10-8-9-15-16(17)13-14(3)18(15)19/h8-10,14H,4-7,11-13H2,1-3H3. The average Bonchev–Trinajstić information content (AvgIpc) is 2.75. The van der Waals surface area contributed by atoms with E-state index in [1.54, 1.807) is 0 Å². The van der Waals surface area contributed by atoms with Gasteiger partial charge < -0.3 is 0 Å². The van der Waals surface area contributed by atoms with Gasteiger partial charge in [0.2, 0.25) is 0 Å². The summed E-state index contributed by atoms with van der Waals surface area (Å²) in [5.74, 6) is 0.558. The van der Waals surface area contributed by atoms with Crippen LogP contribution in [0.2, 0.25) is 0 Å². The van der Waals surface area contributed by atoms with E-state index in [1.165, 1.54) is 48.9 Å². The van der Waals surface area contributed by atoms with Crippen LogP contribution < -0.4 is 5.30 Å². The number of hydrogen-bond donors (Lipinski definition) is 0. The summed E-state index contributed by atoms with van der Waals surface area (Å²) in [4.78, 5) is 12.2. The molecule has 0 heterocycles. The fraction of sp³-hybridized carbons (Fsp3) is 0.611. The molecule has 1 atom stereocenters. The molecule has 0 aromatic heterocycles. The molecule has 0 saturated carbocycles. The maximum Gasteiger partial charge on any atom is 0.166 e. The number of ketones is 1. The highest BCUT2D eigenvalue weighted by Crippen LogP contribution is 2.40. The van der Waals surface area contributed by atoms with Crippen molar-refractivity contribution in [1.29, 1.82) is 0 Å². The molecule has 0 saturated heterocycles. The number of rotatable bonds is 7. The first-order valence-electron chi connectivity index (χ1n) is 8.10. The Bertz CT molecular complexity index is 458. The van der Waals surface area contributed by atoms with Crippen molar-refractivity contribution in [2.45, 2.75) is 52.9 Å². The molecule has 0 N–H and O–H groups in total. The quantitative estimate of drug-likeness (QED) is 0.661. The van der Waals surface area contributed by atoms with Gasteiger partial charge in [0, 0.05) is 11.5 Å². The van der Waals surface area contributed by atoms with E-state index in [4.69, 9.17) is 0 Å². The molecule has 1 unspecified atom stereocenters. The van der Waals surface area contributed by atoms with Crippen LogP contribution in [0.25, 0.3) is 0 Å². The molecular weight excluding hydrogens is 263 g/mol. The van der Waals surface area contributed by atoms with Crippen LogP contribution in [-0.2, 0) is 6.42 Å². The van der Waals surface area contributed by atoms with E-state index in [0.717, 1.165) is 12.0 Å². The van der Waals surface area contributed by atoms with Crippen molar-refractivity contribution < 1.29 is 4.79 Å². The van der Waals surface area contributed by atoms with Crippen molar-refractivity contribution in [1.82, 2.24) is 0 Å². The molecule has 0 spiro atoms. The molecule has 2 heteroatoms. The molecule has 20 heavy (non-hydrogen) atoms. The molecule has 0 radical (unpaired) electrons. The number of benzene rings is 1. The fourth-order valence-corrected chi connectivity index (χ4v) is 6.02. The molecule has 2 rings (SSSR count). The second-order valence-electron chi connectivity index (χ2n) is 5.97. The lowest BCUT2D eigenvalue weighted by Gasteiger charge is -2.20. The van der Waals surface area contributed by atoms with Gasteiger partial charge in [-0.3, -0.25) is 4.79 Å². The third kappa shape index (κ3) is 3.31. The van der Waals surface area contributed by atoms with E-state index in [1.807, 2.05) is 6.07 Å². The van der Waals surface area contributed by atoms with Gasteiger partial charge in [0.15, 0.2) is 5.78 Å². The summed E-state index contributed by atoms with van der Waals surface area (Å²) in [7, 11) is -0.0607. The SMILES string of the molecule is CCCCP(CCCC)c1cccc2c1CC(C)C2=O. The zero-order chi connectivity index (χ0) is 14.5. The second kappa shape index (κ2) is 7.36. The minimum atomic E-state index is -0.0607. The van der Waals surface area contributed by atoms with Gasteiger partial charge in [-0.1, -0.05) is 59.7 Å². The van der Waals surface area contributed by atoms with E-state index in [9.17, 15) is 4.79 Å². The lowest BCUT2D eigenvalue weighted by molar-refractivity contribution is 0.0946. The summed E-state index contributed by atoms with van der Waals surface area (Å²) in [5, 5.41) is 1.54. The Morgan fingerprint density at radius 1 is 1.15 bits per heavy atom. The Morgan fingerprint density at radius 2 is 1.80 bits per heavy atom. The zero-order valence-electron chi connectivity index (χ0n) is 13.1. The van der Waals surface area contributed by atoms with Crippen molar-refractivity contribution in [3.05, 3.63) is 29.3 Å². The van der Waals surface area contributed by atoms with E-state index in [2.05, 4.69) is 32.9 Å². The summed E-state index contributed by atoms with van der Waals surface area (Å²) in [6.07, 6.45) is 8.84. The fourth-order valence-electron chi connectivity index (χ4n) is 3.03. The normalized spacial score (nSPS) is 17.8. The number of carbonyl (C=O) groups is 1. The maximum absolute atomic E-state index is 12.2. The molecule has 1 nitrogen and oxygen atoms in total. The van der Waals surface area contributed by atoms with Crippen LogP contribution in [0.15, 0.2) is 18.2 Å². The first-order valence-corrected chi connectivity index (χ1v) is 9.81. The highest BCUT2D eigenvalue weighted by Gasteiger charge is 2.30. The van der Waals surface area contributed by atoms with Gasteiger partial charge in [0.25, 0.3) is 0 Å². The summed E-state index contributed by atoms with van der Waals surface area (Å²) in [6.45, 7) is 6.62. The molecule has 1 aromatic rings. The lowest BCUT2D eigenvalue weighted by atomic mass is 10.1. The number of fused-ring (bicyclic) bond motifs is 1. The number of unbranched alkanes of at least 4 members (excludes halogenated alkanes) is 2. The van der Waals surface area contributed by atoms with E-state index in [-0.39, 0.29) is 13.8 Å². The first-order chi connectivity index (χ1) is 9.69. The van der Waals surface area contributed by atoms with Crippen LogP contribution in [0.4, 0.5) is 0 Å². The van der Waals surface area contributed by atoms with E-state index in [0.29, 0.717) is 5.78 Å². The van der Waals surface area contributed by atoms with Crippen molar-refractivity contribution in [3.8, 4) is 0 Å². The monoisotopic (exact) mass is 290 g/mol. The van der Waals surface area contributed by atoms with Crippen molar-refractivity contribution in [2.75, 3.05) is 12.3 Å². The highest BCUT2D eigenvalue weighted by atomic mass is 31.1. The van der Waals surface area contributed by atoms with E-state index < -0.39 is 0 Å². The summed E-state index contributed by atoms with van der Waals surface area (Å²) in [6, 6.07) is 6.45. The molecule has 0 fully saturated rings. The van der Waals surface area contributed by atoms with Crippen molar-refractivity contribution in [2.24, 2.45) is 5.92 Å². The third-order valence-electron chi connectivity index (χ3n) is 4.28. The van der Waals surface area contributed by atoms with Crippen LogP contribution in [-0.4, -0.2) is 18.1 Å². The topological polar surface area (TPSA) is 17.1 Å². The van der Waals surface area contributed by atoms with Gasteiger partial charge >= 0.3 is 0 Å². The van der Waals surface area contributed by atoms with Gasteiger partial charge in [-0.15, -0.1) is 0 Å². The van der Waals surface area contributed by atoms with Gasteiger partial charge in [-0.25, -0.2) is 0 Å². The highest BCUT2D eigenvalue weighted by molar-refractivity contribution is 7.65. The molecule has 1 aliphatic rings. The smallest absolute Gasteiger partial charge is 0.166 e. The predicted molar refractivity (Wildman–Crippen MR) is 89.7 cm³/mol. The maximum atomic E-state index is 12.2. The zero-order valence-corrected chi connectivity index (χ0v) is 14.0. The van der Waals surface area contributed by atoms with Gasteiger partial charge in [0.1, 0.15) is 0 Å². The molecule has 1 aliphatic carbocycles. The Labute approximate surface area is 124 Å². The van der Waals surface area contributed by atoms with Crippen molar-refractivity contribution >= 4 is 19.0 Å². The van der Waals surface area contributed by atoms with Crippen LogP contribution in [0, 0.1) is 5.92 Å². The van der Waals surface area contributed by atoms with Gasteiger partial charge in [0.05, 0.1) is 0 Å².